The van der Waals surface area contributed by atoms with Crippen LogP contribution in [0.5, 0.6) is 5.88 Å². The van der Waals surface area contributed by atoms with E-state index in [1.807, 2.05) is 6.92 Å². The van der Waals surface area contributed by atoms with E-state index < -0.39 is 6.10 Å². The minimum absolute atomic E-state index is 0.103. The largest absolute Gasteiger partial charge is 0.481 e. The summed E-state index contributed by atoms with van der Waals surface area (Å²) in [5, 5.41) is 12.9. The molecule has 0 saturated carbocycles. The van der Waals surface area contributed by atoms with Gasteiger partial charge < -0.3 is 15.2 Å². The lowest BCUT2D eigenvalue weighted by Gasteiger charge is -2.22. The molecular formula is C13H23N3O2. The van der Waals surface area contributed by atoms with E-state index in [0.717, 1.165) is 12.1 Å². The van der Waals surface area contributed by atoms with Gasteiger partial charge in [-0.3, -0.25) is 0 Å². The predicted octanol–water partition coefficient (Wildman–Crippen LogP) is 2.00. The fraction of sp³-hybridized carbons (Fsp3) is 0.692. The molecule has 1 heterocycles. The van der Waals surface area contributed by atoms with Crippen LogP contribution in [-0.4, -0.2) is 34.8 Å². The minimum Gasteiger partial charge on any atom is -0.481 e. The summed E-state index contributed by atoms with van der Waals surface area (Å²) in [6, 6.07) is 1.76. The number of hydrogen-bond acceptors (Lipinski definition) is 5. The molecule has 0 aromatic carbocycles. The van der Waals surface area contributed by atoms with Crippen LogP contribution >= 0.6 is 0 Å². The molecule has 0 aliphatic rings. The number of rotatable bonds is 5. The van der Waals surface area contributed by atoms with Gasteiger partial charge in [-0.05, 0) is 18.8 Å². The monoisotopic (exact) mass is 253 g/mol. The maximum absolute atomic E-state index is 9.89. The average Bonchev–Trinajstić information content (AvgIpc) is 2.23. The summed E-state index contributed by atoms with van der Waals surface area (Å²) in [5.74, 6) is 1.01. The summed E-state index contributed by atoms with van der Waals surface area (Å²) in [5.41, 5.74) is 0.932. The van der Waals surface area contributed by atoms with Crippen LogP contribution in [0.2, 0.25) is 0 Å². The van der Waals surface area contributed by atoms with Gasteiger partial charge in [-0.1, -0.05) is 20.8 Å². The zero-order chi connectivity index (χ0) is 13.8. The molecule has 0 aliphatic heterocycles. The zero-order valence-electron chi connectivity index (χ0n) is 11.8. The Morgan fingerprint density at radius 3 is 2.61 bits per heavy atom. The molecule has 1 atom stereocenters. The van der Waals surface area contributed by atoms with E-state index in [9.17, 15) is 5.11 Å². The molecule has 0 aliphatic carbocycles. The van der Waals surface area contributed by atoms with Crippen LogP contribution in [0, 0.1) is 12.3 Å². The van der Waals surface area contributed by atoms with Gasteiger partial charge in [0.25, 0.3) is 0 Å². The molecule has 0 radical (unpaired) electrons. The summed E-state index contributed by atoms with van der Waals surface area (Å²) in [4.78, 5) is 8.40. The molecule has 0 bridgehead atoms. The van der Waals surface area contributed by atoms with Crippen molar-refractivity contribution in [2.45, 2.75) is 40.2 Å². The summed E-state index contributed by atoms with van der Waals surface area (Å²) in [6.07, 6.45) is 0.309. The molecule has 0 fully saturated rings. The fourth-order valence-corrected chi connectivity index (χ4v) is 1.71. The Bertz CT molecular complexity index is 388. The van der Waals surface area contributed by atoms with Crippen molar-refractivity contribution in [2.75, 3.05) is 19.0 Å². The smallest absolute Gasteiger partial charge is 0.226 e. The number of ether oxygens (including phenoxy) is 1. The predicted molar refractivity (Wildman–Crippen MR) is 71.9 cm³/mol. The van der Waals surface area contributed by atoms with Gasteiger partial charge in [-0.25, -0.2) is 4.98 Å². The van der Waals surface area contributed by atoms with Crippen LogP contribution in [-0.2, 0) is 0 Å². The maximum atomic E-state index is 9.89. The van der Waals surface area contributed by atoms with Crippen LogP contribution in [0.1, 0.15) is 32.9 Å². The second-order valence-corrected chi connectivity index (χ2v) is 5.67. The summed E-state index contributed by atoms with van der Waals surface area (Å²) in [6.45, 7) is 8.61. The van der Waals surface area contributed by atoms with Crippen molar-refractivity contribution in [3.8, 4) is 5.88 Å². The highest BCUT2D eigenvalue weighted by atomic mass is 16.5. The van der Waals surface area contributed by atoms with E-state index >= 15 is 0 Å². The summed E-state index contributed by atoms with van der Waals surface area (Å²) >= 11 is 0. The molecule has 18 heavy (non-hydrogen) atoms. The number of anilines is 1. The second-order valence-electron chi connectivity index (χ2n) is 5.67. The lowest BCUT2D eigenvalue weighted by molar-refractivity contribution is 0.132. The first-order valence-electron chi connectivity index (χ1n) is 6.12. The number of aliphatic hydroxyl groups is 1. The molecule has 1 rings (SSSR count). The Morgan fingerprint density at radius 1 is 1.39 bits per heavy atom. The van der Waals surface area contributed by atoms with Gasteiger partial charge in [0.15, 0.2) is 0 Å². The van der Waals surface area contributed by atoms with Crippen LogP contribution in [0.4, 0.5) is 5.95 Å². The van der Waals surface area contributed by atoms with Crippen molar-refractivity contribution in [3.05, 3.63) is 11.8 Å². The number of aliphatic hydroxyl groups excluding tert-OH is 1. The van der Waals surface area contributed by atoms with E-state index in [1.54, 1.807) is 13.2 Å². The van der Waals surface area contributed by atoms with Crippen LogP contribution in [0.3, 0.4) is 0 Å². The Balaban J connectivity index is 2.55. The SMILES string of the molecule is COc1cc(C)nc(NCC(O)CC(C)(C)C)n1. The minimum atomic E-state index is -0.417. The molecule has 102 valence electrons. The first-order valence-corrected chi connectivity index (χ1v) is 6.12. The zero-order valence-corrected chi connectivity index (χ0v) is 11.8. The number of nitrogens with zero attached hydrogens (tertiary/aromatic N) is 2. The van der Waals surface area contributed by atoms with Crippen LogP contribution in [0.25, 0.3) is 0 Å². The number of aromatic nitrogens is 2. The van der Waals surface area contributed by atoms with Gasteiger partial charge in [-0.15, -0.1) is 0 Å². The standard InChI is InChI=1S/C13H23N3O2/c1-9-6-11(18-5)16-12(15-9)14-8-10(17)7-13(2,3)4/h6,10,17H,7-8H2,1-5H3,(H,14,15,16). The first-order chi connectivity index (χ1) is 8.30. The molecule has 5 heteroatoms. The van der Waals surface area contributed by atoms with Gasteiger partial charge in [0.05, 0.1) is 13.2 Å². The van der Waals surface area contributed by atoms with Gasteiger partial charge in [0.2, 0.25) is 11.8 Å². The van der Waals surface area contributed by atoms with Crippen molar-refractivity contribution in [2.24, 2.45) is 5.41 Å². The van der Waals surface area contributed by atoms with E-state index in [2.05, 4.69) is 36.1 Å². The molecule has 0 saturated heterocycles. The summed E-state index contributed by atoms with van der Waals surface area (Å²) < 4.78 is 5.07. The van der Waals surface area contributed by atoms with Crippen molar-refractivity contribution in [1.29, 1.82) is 0 Å². The van der Waals surface area contributed by atoms with E-state index in [0.29, 0.717) is 18.4 Å². The second kappa shape index (κ2) is 6.00. The Hall–Kier alpha value is -1.36. The van der Waals surface area contributed by atoms with Crippen LogP contribution in [0.15, 0.2) is 6.07 Å². The third-order valence-corrected chi connectivity index (χ3v) is 2.38. The number of hydrogen-bond donors (Lipinski definition) is 2. The van der Waals surface area contributed by atoms with E-state index in [-0.39, 0.29) is 5.41 Å². The Kier molecular flexibility index (Phi) is 4.90. The number of methoxy groups -OCH3 is 1. The lowest BCUT2D eigenvalue weighted by Crippen LogP contribution is -2.25. The molecule has 1 aromatic heterocycles. The molecule has 1 aromatic rings. The lowest BCUT2D eigenvalue weighted by atomic mass is 9.89. The van der Waals surface area contributed by atoms with Crippen molar-refractivity contribution in [3.63, 3.8) is 0 Å². The summed E-state index contributed by atoms with van der Waals surface area (Å²) in [7, 11) is 1.57. The van der Waals surface area contributed by atoms with Crippen molar-refractivity contribution in [1.82, 2.24) is 9.97 Å². The molecule has 0 spiro atoms. The van der Waals surface area contributed by atoms with Crippen molar-refractivity contribution >= 4 is 5.95 Å². The maximum Gasteiger partial charge on any atom is 0.226 e. The molecule has 2 N–H and O–H groups in total. The normalized spacial score (nSPS) is 13.2. The number of nitrogens with one attached hydrogen (secondary N) is 1. The molecule has 1 unspecified atom stereocenters. The third-order valence-electron chi connectivity index (χ3n) is 2.38. The first kappa shape index (κ1) is 14.7. The Morgan fingerprint density at radius 2 is 2.06 bits per heavy atom. The topological polar surface area (TPSA) is 67.3 Å². The van der Waals surface area contributed by atoms with Gasteiger partial charge in [0.1, 0.15) is 0 Å². The highest BCUT2D eigenvalue weighted by Gasteiger charge is 2.16. The number of aryl methyl sites for hydroxylation is 1. The Labute approximate surface area is 109 Å². The van der Waals surface area contributed by atoms with Crippen LogP contribution < -0.4 is 10.1 Å². The van der Waals surface area contributed by atoms with E-state index in [4.69, 9.17) is 4.74 Å². The highest BCUT2D eigenvalue weighted by Crippen LogP contribution is 2.20. The van der Waals surface area contributed by atoms with Gasteiger partial charge in [0, 0.05) is 18.3 Å². The van der Waals surface area contributed by atoms with E-state index in [1.165, 1.54) is 0 Å². The van der Waals surface area contributed by atoms with Crippen molar-refractivity contribution < 1.29 is 9.84 Å². The van der Waals surface area contributed by atoms with Gasteiger partial charge in [-0.2, -0.15) is 4.98 Å². The van der Waals surface area contributed by atoms with Gasteiger partial charge >= 0.3 is 0 Å². The molecule has 5 nitrogen and oxygen atoms in total. The quantitative estimate of drug-likeness (QED) is 0.840. The highest BCUT2D eigenvalue weighted by molar-refractivity contribution is 5.30. The fourth-order valence-electron chi connectivity index (χ4n) is 1.71. The average molecular weight is 253 g/mol. The molecule has 0 amide bonds. The third kappa shape index (κ3) is 5.31. The molecular weight excluding hydrogens is 230 g/mol.